The second-order valence-corrected chi connectivity index (χ2v) is 5.32. The van der Waals surface area contributed by atoms with Crippen LogP contribution in [-0.4, -0.2) is 19.6 Å². The zero-order valence-electron chi connectivity index (χ0n) is 13.8. The molecule has 1 N–H and O–H groups in total. The first-order chi connectivity index (χ1) is 11.1. The summed E-state index contributed by atoms with van der Waals surface area (Å²) in [7, 11) is 1.62. The highest BCUT2D eigenvalue weighted by Crippen LogP contribution is 2.24. The normalized spacial score (nSPS) is 11.6. The summed E-state index contributed by atoms with van der Waals surface area (Å²) in [5, 5.41) is 2.92. The van der Waals surface area contributed by atoms with Crippen LogP contribution in [0.5, 0.6) is 11.5 Å². The van der Waals surface area contributed by atoms with Gasteiger partial charge in [0.25, 0.3) is 5.91 Å². The highest BCUT2D eigenvalue weighted by molar-refractivity contribution is 5.78. The first-order valence-corrected chi connectivity index (χ1v) is 7.78. The molecular formula is C19H23NO3. The molecular weight excluding hydrogens is 290 g/mol. The van der Waals surface area contributed by atoms with Crippen LogP contribution in [0.3, 0.4) is 0 Å². The van der Waals surface area contributed by atoms with Gasteiger partial charge in [0.2, 0.25) is 0 Å². The Kier molecular flexibility index (Phi) is 6.03. The van der Waals surface area contributed by atoms with Crippen molar-refractivity contribution in [2.75, 3.05) is 13.7 Å². The lowest BCUT2D eigenvalue weighted by Crippen LogP contribution is -2.31. The number of amides is 1. The van der Waals surface area contributed by atoms with Crippen LogP contribution in [0.25, 0.3) is 0 Å². The van der Waals surface area contributed by atoms with Gasteiger partial charge in [0.1, 0.15) is 11.5 Å². The topological polar surface area (TPSA) is 47.6 Å². The van der Waals surface area contributed by atoms with E-state index in [0.717, 1.165) is 17.7 Å². The van der Waals surface area contributed by atoms with Gasteiger partial charge in [-0.25, -0.2) is 0 Å². The Morgan fingerprint density at radius 1 is 1.13 bits per heavy atom. The predicted molar refractivity (Wildman–Crippen MR) is 90.9 cm³/mol. The third kappa shape index (κ3) is 4.74. The lowest BCUT2D eigenvalue weighted by molar-refractivity contribution is -0.123. The largest absolute Gasteiger partial charge is 0.496 e. The van der Waals surface area contributed by atoms with E-state index in [1.54, 1.807) is 7.11 Å². The van der Waals surface area contributed by atoms with E-state index >= 15 is 0 Å². The van der Waals surface area contributed by atoms with Crippen molar-refractivity contribution in [2.24, 2.45) is 0 Å². The van der Waals surface area contributed by atoms with Crippen LogP contribution in [0.1, 0.15) is 31.0 Å². The Morgan fingerprint density at radius 3 is 2.48 bits per heavy atom. The Labute approximate surface area is 137 Å². The van der Waals surface area contributed by atoms with Crippen molar-refractivity contribution in [1.29, 1.82) is 0 Å². The minimum absolute atomic E-state index is 0.00897. The van der Waals surface area contributed by atoms with Crippen molar-refractivity contribution >= 4 is 5.91 Å². The third-order valence-electron chi connectivity index (χ3n) is 3.68. The molecule has 2 rings (SSSR count). The van der Waals surface area contributed by atoms with Crippen LogP contribution in [0, 0.1) is 0 Å². The molecule has 0 aromatic heterocycles. The summed E-state index contributed by atoms with van der Waals surface area (Å²) in [5.74, 6) is 1.29. The zero-order valence-corrected chi connectivity index (χ0v) is 13.8. The fraction of sp³-hybridized carbons (Fsp3) is 0.316. The summed E-state index contributed by atoms with van der Waals surface area (Å²) >= 11 is 0. The van der Waals surface area contributed by atoms with Gasteiger partial charge in [-0.05, 0) is 37.1 Å². The molecule has 0 aliphatic carbocycles. The van der Waals surface area contributed by atoms with Crippen LogP contribution in [0.15, 0.2) is 48.5 Å². The van der Waals surface area contributed by atoms with Crippen molar-refractivity contribution in [2.45, 2.75) is 26.3 Å². The van der Waals surface area contributed by atoms with Gasteiger partial charge >= 0.3 is 0 Å². The molecule has 0 saturated heterocycles. The standard InChI is InChI=1S/C19H23NO3/c1-4-15-9-11-16(12-10-15)23-13-19(21)20-14(2)17-7-5-6-8-18(17)22-3/h5-12,14H,4,13H2,1-3H3,(H,20,21). The molecule has 23 heavy (non-hydrogen) atoms. The first-order valence-electron chi connectivity index (χ1n) is 7.78. The molecule has 1 atom stereocenters. The summed E-state index contributed by atoms with van der Waals surface area (Å²) in [5.41, 5.74) is 2.18. The average Bonchev–Trinajstić information content (AvgIpc) is 2.60. The minimum Gasteiger partial charge on any atom is -0.496 e. The molecule has 1 amide bonds. The monoisotopic (exact) mass is 313 g/mol. The first kappa shape index (κ1) is 16.9. The maximum Gasteiger partial charge on any atom is 0.258 e. The molecule has 0 spiro atoms. The van der Waals surface area contributed by atoms with Gasteiger partial charge in [-0.1, -0.05) is 37.3 Å². The fourth-order valence-electron chi connectivity index (χ4n) is 2.36. The predicted octanol–water partition coefficient (Wildman–Crippen LogP) is 3.51. The Hall–Kier alpha value is -2.49. The number of carbonyl (C=O) groups is 1. The van der Waals surface area contributed by atoms with E-state index in [-0.39, 0.29) is 18.6 Å². The van der Waals surface area contributed by atoms with Gasteiger partial charge in [-0.3, -0.25) is 4.79 Å². The summed E-state index contributed by atoms with van der Waals surface area (Å²) in [6.45, 7) is 4.01. The maximum absolute atomic E-state index is 12.0. The van der Waals surface area contributed by atoms with Gasteiger partial charge in [-0.15, -0.1) is 0 Å². The number of benzene rings is 2. The number of ether oxygens (including phenoxy) is 2. The van der Waals surface area contributed by atoms with Gasteiger partial charge in [0, 0.05) is 5.56 Å². The van der Waals surface area contributed by atoms with Gasteiger partial charge in [-0.2, -0.15) is 0 Å². The smallest absolute Gasteiger partial charge is 0.258 e. The van der Waals surface area contributed by atoms with E-state index in [9.17, 15) is 4.79 Å². The van der Waals surface area contributed by atoms with E-state index in [1.165, 1.54) is 5.56 Å². The van der Waals surface area contributed by atoms with Gasteiger partial charge in [0.05, 0.1) is 13.2 Å². The number of para-hydroxylation sites is 1. The molecule has 0 fully saturated rings. The van der Waals surface area contributed by atoms with Gasteiger partial charge < -0.3 is 14.8 Å². The Morgan fingerprint density at radius 2 is 1.83 bits per heavy atom. The molecule has 2 aromatic carbocycles. The molecule has 0 heterocycles. The average molecular weight is 313 g/mol. The maximum atomic E-state index is 12.0. The quantitative estimate of drug-likeness (QED) is 0.851. The van der Waals surface area contributed by atoms with E-state index in [2.05, 4.69) is 12.2 Å². The van der Waals surface area contributed by atoms with E-state index < -0.39 is 0 Å². The van der Waals surface area contributed by atoms with Crippen molar-refractivity contribution in [1.82, 2.24) is 5.32 Å². The molecule has 0 aliphatic heterocycles. The molecule has 0 saturated carbocycles. The van der Waals surface area contributed by atoms with E-state index in [1.807, 2.05) is 55.5 Å². The lowest BCUT2D eigenvalue weighted by Gasteiger charge is -2.17. The molecule has 1 unspecified atom stereocenters. The number of aryl methyl sites for hydroxylation is 1. The van der Waals surface area contributed by atoms with Crippen LogP contribution in [0.4, 0.5) is 0 Å². The summed E-state index contributed by atoms with van der Waals surface area (Å²) < 4.78 is 10.8. The zero-order chi connectivity index (χ0) is 16.7. The highest BCUT2D eigenvalue weighted by atomic mass is 16.5. The summed E-state index contributed by atoms with van der Waals surface area (Å²) in [6, 6.07) is 15.3. The van der Waals surface area contributed by atoms with Crippen LogP contribution in [-0.2, 0) is 11.2 Å². The van der Waals surface area contributed by atoms with Crippen molar-refractivity contribution < 1.29 is 14.3 Å². The van der Waals surface area contributed by atoms with Crippen LogP contribution in [0.2, 0.25) is 0 Å². The lowest BCUT2D eigenvalue weighted by atomic mass is 10.1. The molecule has 122 valence electrons. The molecule has 4 nitrogen and oxygen atoms in total. The van der Waals surface area contributed by atoms with E-state index in [4.69, 9.17) is 9.47 Å². The molecule has 0 aliphatic rings. The highest BCUT2D eigenvalue weighted by Gasteiger charge is 2.13. The third-order valence-corrected chi connectivity index (χ3v) is 3.68. The molecule has 0 radical (unpaired) electrons. The fourth-order valence-corrected chi connectivity index (χ4v) is 2.36. The number of nitrogens with one attached hydrogen (secondary N) is 1. The van der Waals surface area contributed by atoms with Gasteiger partial charge in [0.15, 0.2) is 6.61 Å². The molecule has 2 aromatic rings. The van der Waals surface area contributed by atoms with Crippen molar-refractivity contribution in [3.8, 4) is 11.5 Å². The number of hydrogen-bond donors (Lipinski definition) is 1. The Balaban J connectivity index is 1.88. The number of rotatable bonds is 7. The second kappa shape index (κ2) is 8.22. The summed E-state index contributed by atoms with van der Waals surface area (Å²) in [6.07, 6.45) is 0.983. The SMILES string of the molecule is CCc1ccc(OCC(=O)NC(C)c2ccccc2OC)cc1. The molecule has 4 heteroatoms. The summed E-state index contributed by atoms with van der Waals surface area (Å²) in [4.78, 5) is 12.0. The number of carbonyl (C=O) groups excluding carboxylic acids is 1. The van der Waals surface area contributed by atoms with Crippen LogP contribution < -0.4 is 14.8 Å². The number of methoxy groups -OCH3 is 1. The van der Waals surface area contributed by atoms with Crippen molar-refractivity contribution in [3.05, 3.63) is 59.7 Å². The van der Waals surface area contributed by atoms with Crippen molar-refractivity contribution in [3.63, 3.8) is 0 Å². The van der Waals surface area contributed by atoms with Crippen LogP contribution >= 0.6 is 0 Å². The second-order valence-electron chi connectivity index (χ2n) is 5.32. The minimum atomic E-state index is -0.164. The number of hydrogen-bond acceptors (Lipinski definition) is 3. The molecule has 0 bridgehead atoms. The Bertz CT molecular complexity index is 637. The van der Waals surface area contributed by atoms with E-state index in [0.29, 0.717) is 5.75 Å².